The maximum absolute atomic E-state index is 12.9. The Labute approximate surface area is 160 Å². The molecule has 0 bridgehead atoms. The van der Waals surface area contributed by atoms with Gasteiger partial charge in [-0.2, -0.15) is 0 Å². The lowest BCUT2D eigenvalue weighted by Crippen LogP contribution is -2.04. The van der Waals surface area contributed by atoms with Gasteiger partial charge in [0.1, 0.15) is 0 Å². The first-order valence-corrected chi connectivity index (χ1v) is 8.41. The van der Waals surface area contributed by atoms with Crippen molar-refractivity contribution in [1.82, 2.24) is 15.2 Å². The summed E-state index contributed by atoms with van der Waals surface area (Å²) in [5.74, 6) is 0.801. The lowest BCUT2D eigenvalue weighted by Gasteiger charge is -2.13. The summed E-state index contributed by atoms with van der Waals surface area (Å²) in [7, 11) is 4.45. The third kappa shape index (κ3) is 2.84. The molecule has 0 saturated heterocycles. The van der Waals surface area contributed by atoms with Crippen LogP contribution >= 0.6 is 0 Å². The van der Waals surface area contributed by atoms with Gasteiger partial charge < -0.3 is 23.6 Å². The van der Waals surface area contributed by atoms with Gasteiger partial charge in [0.15, 0.2) is 11.5 Å². The first kappa shape index (κ1) is 17.6. The summed E-state index contributed by atoms with van der Waals surface area (Å²) in [6, 6.07) is 10.8. The van der Waals surface area contributed by atoms with Crippen LogP contribution in [0.15, 0.2) is 47.0 Å². The lowest BCUT2D eigenvalue weighted by atomic mass is 10.1. The van der Waals surface area contributed by atoms with E-state index in [2.05, 4.69) is 15.2 Å². The molecule has 4 rings (SSSR count). The van der Waals surface area contributed by atoms with E-state index in [0.717, 1.165) is 16.5 Å². The van der Waals surface area contributed by atoms with E-state index in [1.165, 1.54) is 21.3 Å². The van der Waals surface area contributed by atoms with Crippen LogP contribution in [-0.2, 0) is 0 Å². The summed E-state index contributed by atoms with van der Waals surface area (Å²) in [5, 5.41) is 8.87. The van der Waals surface area contributed by atoms with Crippen LogP contribution in [0.5, 0.6) is 17.2 Å². The number of ketones is 1. The van der Waals surface area contributed by atoms with E-state index in [4.69, 9.17) is 18.6 Å². The minimum Gasteiger partial charge on any atom is -0.493 e. The molecule has 0 aliphatic rings. The molecule has 0 unspecified atom stereocenters. The van der Waals surface area contributed by atoms with Crippen LogP contribution in [0.2, 0.25) is 0 Å². The van der Waals surface area contributed by atoms with Crippen molar-refractivity contribution in [3.05, 3.63) is 54.0 Å². The molecular weight excluding hydrogens is 362 g/mol. The number of hydrogen-bond donors (Lipinski definition) is 1. The highest BCUT2D eigenvalue weighted by Crippen LogP contribution is 2.38. The van der Waals surface area contributed by atoms with Crippen LogP contribution < -0.4 is 14.2 Å². The average Bonchev–Trinajstić information content (AvgIpc) is 3.38. The standard InChI is InChI=1S/C20H17N3O5/c1-25-15-8-11(9-16(26-2)18(15)27-3)17(24)20-23-22-19(28-20)13-10-21-14-7-5-4-6-12(13)14/h4-10,21H,1-3H3. The molecule has 142 valence electrons. The lowest BCUT2D eigenvalue weighted by molar-refractivity contribution is 0.100. The van der Waals surface area contributed by atoms with Gasteiger partial charge in [0.25, 0.3) is 5.89 Å². The molecule has 0 fully saturated rings. The molecule has 0 saturated carbocycles. The average molecular weight is 379 g/mol. The fourth-order valence-corrected chi connectivity index (χ4v) is 3.01. The third-order valence-electron chi connectivity index (χ3n) is 4.37. The number of ether oxygens (including phenoxy) is 3. The maximum atomic E-state index is 12.9. The predicted octanol–water partition coefficient (Wildman–Crippen LogP) is 3.47. The first-order chi connectivity index (χ1) is 13.7. The summed E-state index contributed by atoms with van der Waals surface area (Å²) in [5.41, 5.74) is 1.95. The van der Waals surface area contributed by atoms with Gasteiger partial charge in [0.05, 0.1) is 26.9 Å². The molecule has 0 aliphatic carbocycles. The molecule has 8 nitrogen and oxygen atoms in total. The Morgan fingerprint density at radius 2 is 1.71 bits per heavy atom. The number of H-pyrrole nitrogens is 1. The van der Waals surface area contributed by atoms with Gasteiger partial charge in [-0.15, -0.1) is 10.2 Å². The fraction of sp³-hybridized carbons (Fsp3) is 0.150. The molecule has 28 heavy (non-hydrogen) atoms. The van der Waals surface area contributed by atoms with Crippen molar-refractivity contribution in [3.63, 3.8) is 0 Å². The van der Waals surface area contributed by atoms with Crippen molar-refractivity contribution >= 4 is 16.7 Å². The Morgan fingerprint density at radius 1 is 1.00 bits per heavy atom. The molecule has 0 atom stereocenters. The van der Waals surface area contributed by atoms with Crippen LogP contribution in [-0.4, -0.2) is 42.3 Å². The Kier molecular flexibility index (Phi) is 4.44. The Morgan fingerprint density at radius 3 is 2.39 bits per heavy atom. The monoisotopic (exact) mass is 379 g/mol. The zero-order valence-electron chi connectivity index (χ0n) is 15.5. The van der Waals surface area contributed by atoms with Crippen molar-refractivity contribution in [3.8, 4) is 28.7 Å². The van der Waals surface area contributed by atoms with E-state index >= 15 is 0 Å². The van der Waals surface area contributed by atoms with Gasteiger partial charge in [0, 0.05) is 22.7 Å². The number of carbonyl (C=O) groups is 1. The summed E-state index contributed by atoms with van der Waals surface area (Å²) in [6.07, 6.45) is 1.77. The normalized spacial score (nSPS) is 10.8. The van der Waals surface area contributed by atoms with Crippen molar-refractivity contribution < 1.29 is 23.4 Å². The first-order valence-electron chi connectivity index (χ1n) is 8.41. The number of benzene rings is 2. The van der Waals surface area contributed by atoms with E-state index in [0.29, 0.717) is 17.2 Å². The van der Waals surface area contributed by atoms with E-state index in [9.17, 15) is 4.79 Å². The zero-order chi connectivity index (χ0) is 19.7. The second kappa shape index (κ2) is 7.07. The van der Waals surface area contributed by atoms with Crippen LogP contribution in [0, 0.1) is 0 Å². The number of para-hydroxylation sites is 1. The van der Waals surface area contributed by atoms with Gasteiger partial charge in [0.2, 0.25) is 17.4 Å². The van der Waals surface area contributed by atoms with Crippen LogP contribution in [0.4, 0.5) is 0 Å². The van der Waals surface area contributed by atoms with Gasteiger partial charge in [-0.1, -0.05) is 18.2 Å². The summed E-state index contributed by atoms with van der Waals surface area (Å²) in [6.45, 7) is 0. The van der Waals surface area contributed by atoms with Gasteiger partial charge in [-0.3, -0.25) is 4.79 Å². The van der Waals surface area contributed by atoms with Crippen molar-refractivity contribution in [2.75, 3.05) is 21.3 Å². The van der Waals surface area contributed by atoms with Crippen LogP contribution in [0.3, 0.4) is 0 Å². The predicted molar refractivity (Wildman–Crippen MR) is 101 cm³/mol. The van der Waals surface area contributed by atoms with Crippen molar-refractivity contribution in [2.45, 2.75) is 0 Å². The Balaban J connectivity index is 1.72. The molecule has 2 aromatic heterocycles. The summed E-state index contributed by atoms with van der Waals surface area (Å²) in [4.78, 5) is 16.0. The highest BCUT2D eigenvalue weighted by molar-refractivity contribution is 6.07. The summed E-state index contributed by atoms with van der Waals surface area (Å²) < 4.78 is 21.5. The smallest absolute Gasteiger partial charge is 0.289 e. The van der Waals surface area contributed by atoms with Crippen LogP contribution in [0.25, 0.3) is 22.4 Å². The third-order valence-corrected chi connectivity index (χ3v) is 4.37. The quantitative estimate of drug-likeness (QED) is 0.512. The minimum atomic E-state index is -0.446. The molecular formula is C20H17N3O5. The topological polar surface area (TPSA) is 99.5 Å². The van der Waals surface area contributed by atoms with Crippen LogP contribution in [0.1, 0.15) is 16.2 Å². The number of carbonyl (C=O) groups excluding carboxylic acids is 1. The number of nitrogens with one attached hydrogen (secondary N) is 1. The molecule has 2 heterocycles. The number of hydrogen-bond acceptors (Lipinski definition) is 7. The summed E-state index contributed by atoms with van der Waals surface area (Å²) >= 11 is 0. The molecule has 0 spiro atoms. The minimum absolute atomic E-state index is 0.130. The van der Waals surface area contributed by atoms with Crippen molar-refractivity contribution in [2.24, 2.45) is 0 Å². The molecule has 2 aromatic carbocycles. The van der Waals surface area contributed by atoms with Gasteiger partial charge in [-0.05, 0) is 18.2 Å². The van der Waals surface area contributed by atoms with E-state index in [-0.39, 0.29) is 17.3 Å². The molecule has 8 heteroatoms. The number of aromatic nitrogens is 3. The number of methoxy groups -OCH3 is 3. The number of rotatable bonds is 6. The second-order valence-electron chi connectivity index (χ2n) is 5.90. The Hall–Kier alpha value is -3.81. The molecule has 1 N–H and O–H groups in total. The number of fused-ring (bicyclic) bond motifs is 1. The molecule has 0 radical (unpaired) electrons. The highest BCUT2D eigenvalue weighted by Gasteiger charge is 2.23. The Bertz CT molecular complexity index is 1140. The second-order valence-corrected chi connectivity index (χ2v) is 5.90. The fourth-order valence-electron chi connectivity index (χ4n) is 3.01. The maximum Gasteiger partial charge on any atom is 0.289 e. The van der Waals surface area contributed by atoms with Gasteiger partial charge in [-0.25, -0.2) is 0 Å². The zero-order valence-corrected chi connectivity index (χ0v) is 15.5. The number of nitrogens with zero attached hydrogens (tertiary/aromatic N) is 2. The van der Waals surface area contributed by atoms with E-state index in [1.54, 1.807) is 18.3 Å². The van der Waals surface area contributed by atoms with E-state index in [1.807, 2.05) is 24.3 Å². The molecule has 0 aliphatic heterocycles. The van der Waals surface area contributed by atoms with Crippen molar-refractivity contribution in [1.29, 1.82) is 0 Å². The molecule has 0 amide bonds. The van der Waals surface area contributed by atoms with E-state index < -0.39 is 5.78 Å². The SMILES string of the molecule is COc1cc(C(=O)c2nnc(-c3c[nH]c4ccccc34)o2)cc(OC)c1OC. The van der Waals surface area contributed by atoms with Gasteiger partial charge >= 0.3 is 0 Å². The largest absolute Gasteiger partial charge is 0.493 e. The highest BCUT2D eigenvalue weighted by atomic mass is 16.5. The number of aromatic amines is 1. The molecule has 4 aromatic rings.